The molecule has 0 aromatic heterocycles. The standard InChI is InChI=1S/C10H14O4.C5H10/c1-7(2)9(11)13-5-6-14-10(12)8(3)4;1-2-4-5-3-1/h1,3,5-6H2,2,4H3;1-5H2. The minimum atomic E-state index is -0.489. The number of ether oxygens (including phenoxy) is 2. The number of carbonyl (C=O) groups is 2. The number of rotatable bonds is 5. The normalized spacial score (nSPS) is 12.9. The van der Waals surface area contributed by atoms with E-state index in [9.17, 15) is 9.59 Å². The van der Waals surface area contributed by atoms with Crippen molar-refractivity contribution in [2.45, 2.75) is 46.0 Å². The second-order valence-corrected chi connectivity index (χ2v) is 4.60. The van der Waals surface area contributed by atoms with Crippen LogP contribution < -0.4 is 0 Å². The van der Waals surface area contributed by atoms with Crippen LogP contribution in [0.25, 0.3) is 0 Å². The summed E-state index contributed by atoms with van der Waals surface area (Å²) >= 11 is 0. The zero-order valence-corrected chi connectivity index (χ0v) is 12.0. The fraction of sp³-hybridized carbons (Fsp3) is 0.600. The Morgan fingerprint density at radius 3 is 1.26 bits per heavy atom. The van der Waals surface area contributed by atoms with Crippen LogP contribution in [0.5, 0.6) is 0 Å². The van der Waals surface area contributed by atoms with Crippen molar-refractivity contribution in [3.05, 3.63) is 24.3 Å². The molecule has 0 aliphatic heterocycles. The van der Waals surface area contributed by atoms with E-state index in [1.54, 1.807) is 13.8 Å². The van der Waals surface area contributed by atoms with Gasteiger partial charge in [-0.05, 0) is 13.8 Å². The third kappa shape index (κ3) is 10.1. The van der Waals surface area contributed by atoms with Gasteiger partial charge in [0.1, 0.15) is 13.2 Å². The molecule has 1 fully saturated rings. The number of hydrogen-bond acceptors (Lipinski definition) is 4. The van der Waals surface area contributed by atoms with E-state index in [0.717, 1.165) is 0 Å². The van der Waals surface area contributed by atoms with Crippen LogP contribution >= 0.6 is 0 Å². The van der Waals surface area contributed by atoms with Crippen LogP contribution in [0.1, 0.15) is 46.0 Å². The lowest BCUT2D eigenvalue weighted by Gasteiger charge is -2.05. The van der Waals surface area contributed by atoms with Crippen LogP contribution in [-0.2, 0) is 19.1 Å². The zero-order valence-electron chi connectivity index (χ0n) is 12.0. The first-order chi connectivity index (χ1) is 8.95. The number of hydrogen-bond donors (Lipinski definition) is 0. The molecule has 0 heterocycles. The first-order valence-corrected chi connectivity index (χ1v) is 6.60. The monoisotopic (exact) mass is 268 g/mol. The summed E-state index contributed by atoms with van der Waals surface area (Å²) in [6.45, 7) is 9.95. The maximum absolute atomic E-state index is 10.8. The Hall–Kier alpha value is -1.58. The Bertz CT molecular complexity index is 291. The van der Waals surface area contributed by atoms with Crippen molar-refractivity contribution in [1.29, 1.82) is 0 Å². The fourth-order valence-corrected chi connectivity index (χ4v) is 1.40. The third-order valence-electron chi connectivity index (χ3n) is 2.50. The van der Waals surface area contributed by atoms with Crippen molar-refractivity contribution < 1.29 is 19.1 Å². The van der Waals surface area contributed by atoms with Crippen molar-refractivity contribution in [2.24, 2.45) is 0 Å². The van der Waals surface area contributed by atoms with Gasteiger partial charge >= 0.3 is 11.9 Å². The van der Waals surface area contributed by atoms with Gasteiger partial charge in [-0.2, -0.15) is 0 Å². The lowest BCUT2D eigenvalue weighted by Crippen LogP contribution is -2.14. The summed E-state index contributed by atoms with van der Waals surface area (Å²) in [6, 6.07) is 0. The van der Waals surface area contributed by atoms with Crippen LogP contribution in [0.4, 0.5) is 0 Å². The van der Waals surface area contributed by atoms with Gasteiger partial charge in [0.05, 0.1) is 0 Å². The highest BCUT2D eigenvalue weighted by Crippen LogP contribution is 2.15. The highest BCUT2D eigenvalue weighted by atomic mass is 16.6. The molecule has 0 unspecified atom stereocenters. The summed E-state index contributed by atoms with van der Waals surface area (Å²) in [5.74, 6) is -0.979. The molecule has 1 rings (SSSR count). The minimum absolute atomic E-state index is 0.0325. The summed E-state index contributed by atoms with van der Waals surface area (Å²) in [5, 5.41) is 0. The van der Waals surface area contributed by atoms with E-state index in [4.69, 9.17) is 0 Å². The molecule has 0 aromatic carbocycles. The molecule has 0 atom stereocenters. The van der Waals surface area contributed by atoms with E-state index in [1.807, 2.05) is 0 Å². The highest BCUT2D eigenvalue weighted by molar-refractivity contribution is 5.87. The predicted molar refractivity (Wildman–Crippen MR) is 74.6 cm³/mol. The van der Waals surface area contributed by atoms with Gasteiger partial charge in [-0.3, -0.25) is 0 Å². The largest absolute Gasteiger partial charge is 0.459 e. The molecule has 1 aliphatic carbocycles. The average Bonchev–Trinajstić information content (AvgIpc) is 2.92. The predicted octanol–water partition coefficient (Wildman–Crippen LogP) is 3.18. The second-order valence-electron chi connectivity index (χ2n) is 4.60. The van der Waals surface area contributed by atoms with Crippen molar-refractivity contribution in [3.8, 4) is 0 Å². The van der Waals surface area contributed by atoms with E-state index in [0.29, 0.717) is 11.1 Å². The van der Waals surface area contributed by atoms with Crippen LogP contribution in [0, 0.1) is 0 Å². The van der Waals surface area contributed by atoms with Gasteiger partial charge in [-0.1, -0.05) is 45.3 Å². The Morgan fingerprint density at radius 2 is 1.05 bits per heavy atom. The molecule has 4 heteroatoms. The molecule has 0 amide bonds. The SMILES string of the molecule is C1CCCC1.C=C(C)C(=O)OCCOC(=O)C(=C)C. The number of carbonyl (C=O) groups excluding carboxylic acids is 2. The van der Waals surface area contributed by atoms with Crippen LogP contribution in [-0.4, -0.2) is 25.2 Å². The van der Waals surface area contributed by atoms with Gasteiger partial charge < -0.3 is 9.47 Å². The van der Waals surface area contributed by atoms with Crippen molar-refractivity contribution in [2.75, 3.05) is 13.2 Å². The molecule has 108 valence electrons. The summed E-state index contributed by atoms with van der Waals surface area (Å²) in [7, 11) is 0. The molecule has 0 spiro atoms. The minimum Gasteiger partial charge on any atom is -0.459 e. The molecule has 0 N–H and O–H groups in total. The quantitative estimate of drug-likeness (QED) is 0.436. The maximum Gasteiger partial charge on any atom is 0.333 e. The molecule has 4 nitrogen and oxygen atoms in total. The van der Waals surface area contributed by atoms with E-state index in [-0.39, 0.29) is 13.2 Å². The second kappa shape index (κ2) is 10.4. The van der Waals surface area contributed by atoms with Crippen LogP contribution in [0.2, 0.25) is 0 Å². The molecule has 0 bridgehead atoms. The summed E-state index contributed by atoms with van der Waals surface area (Å²) in [4.78, 5) is 21.7. The molecule has 19 heavy (non-hydrogen) atoms. The Balaban J connectivity index is 0.000000532. The lowest BCUT2D eigenvalue weighted by atomic mass is 10.4. The molecule has 0 radical (unpaired) electrons. The van der Waals surface area contributed by atoms with Crippen molar-refractivity contribution in [1.82, 2.24) is 0 Å². The van der Waals surface area contributed by atoms with Gasteiger partial charge in [0.2, 0.25) is 0 Å². The molecule has 0 aromatic rings. The highest BCUT2D eigenvalue weighted by Gasteiger charge is 2.05. The fourth-order valence-electron chi connectivity index (χ4n) is 1.40. The Labute approximate surface area is 115 Å². The van der Waals surface area contributed by atoms with E-state index >= 15 is 0 Å². The van der Waals surface area contributed by atoms with Gasteiger partial charge in [0, 0.05) is 11.1 Å². The van der Waals surface area contributed by atoms with Crippen LogP contribution in [0.3, 0.4) is 0 Å². The van der Waals surface area contributed by atoms with E-state index in [2.05, 4.69) is 22.6 Å². The van der Waals surface area contributed by atoms with Crippen molar-refractivity contribution >= 4 is 11.9 Å². The summed E-state index contributed by atoms with van der Waals surface area (Å²) < 4.78 is 9.38. The zero-order chi connectivity index (χ0) is 14.7. The van der Waals surface area contributed by atoms with Gasteiger partial charge in [-0.15, -0.1) is 0 Å². The third-order valence-corrected chi connectivity index (χ3v) is 2.50. The molecule has 1 saturated carbocycles. The number of esters is 2. The Kier molecular flexibility index (Phi) is 9.49. The summed E-state index contributed by atoms with van der Waals surface area (Å²) in [6.07, 6.45) is 7.50. The molecule has 1 aliphatic rings. The van der Waals surface area contributed by atoms with E-state index in [1.165, 1.54) is 32.1 Å². The van der Waals surface area contributed by atoms with Gasteiger partial charge in [0.25, 0.3) is 0 Å². The maximum atomic E-state index is 10.8. The molecule has 0 saturated heterocycles. The smallest absolute Gasteiger partial charge is 0.333 e. The van der Waals surface area contributed by atoms with E-state index < -0.39 is 11.9 Å². The van der Waals surface area contributed by atoms with Crippen molar-refractivity contribution in [3.63, 3.8) is 0 Å². The topological polar surface area (TPSA) is 52.6 Å². The Morgan fingerprint density at radius 1 is 0.789 bits per heavy atom. The first-order valence-electron chi connectivity index (χ1n) is 6.60. The lowest BCUT2D eigenvalue weighted by molar-refractivity contribution is -0.147. The summed E-state index contributed by atoms with van der Waals surface area (Å²) in [5.41, 5.74) is 0.632. The average molecular weight is 268 g/mol. The van der Waals surface area contributed by atoms with Gasteiger partial charge in [0.15, 0.2) is 0 Å². The van der Waals surface area contributed by atoms with Crippen LogP contribution in [0.15, 0.2) is 24.3 Å². The van der Waals surface area contributed by atoms with Gasteiger partial charge in [-0.25, -0.2) is 9.59 Å². The molecular weight excluding hydrogens is 244 g/mol. The molecular formula is C15H24O4. The first kappa shape index (κ1) is 17.4.